The maximum absolute atomic E-state index is 12.0. The first-order chi connectivity index (χ1) is 12.6. The Morgan fingerprint density at radius 1 is 1.12 bits per heavy atom. The summed E-state index contributed by atoms with van der Waals surface area (Å²) in [6, 6.07) is 14.2. The molecule has 0 saturated heterocycles. The van der Waals surface area contributed by atoms with Gasteiger partial charge in [-0.05, 0) is 55.1 Å². The smallest absolute Gasteiger partial charge is 0.338 e. The fraction of sp³-hybridized carbons (Fsp3) is 0.300. The van der Waals surface area contributed by atoms with Gasteiger partial charge in [0.05, 0.1) is 12.2 Å². The highest BCUT2D eigenvalue weighted by atomic mass is 32.2. The number of amides is 1. The number of hydrogen-bond donors (Lipinski definition) is 1. The monoisotopic (exact) mass is 373 g/mol. The average molecular weight is 373 g/mol. The van der Waals surface area contributed by atoms with E-state index in [9.17, 15) is 9.59 Å². The van der Waals surface area contributed by atoms with Crippen LogP contribution in [0.1, 0.15) is 30.1 Å². The van der Waals surface area contributed by atoms with Gasteiger partial charge in [0, 0.05) is 10.6 Å². The van der Waals surface area contributed by atoms with Crippen LogP contribution in [0.5, 0.6) is 5.75 Å². The van der Waals surface area contributed by atoms with Crippen molar-refractivity contribution in [3.63, 3.8) is 0 Å². The fourth-order valence-electron chi connectivity index (χ4n) is 2.13. The quantitative estimate of drug-likeness (QED) is 0.401. The number of rotatable bonds is 9. The molecule has 0 saturated carbocycles. The van der Waals surface area contributed by atoms with E-state index in [2.05, 4.69) is 12.2 Å². The van der Waals surface area contributed by atoms with Crippen LogP contribution >= 0.6 is 11.8 Å². The molecule has 0 heterocycles. The molecule has 5 nitrogen and oxygen atoms in total. The predicted octanol–water partition coefficient (Wildman–Crippen LogP) is 4.38. The van der Waals surface area contributed by atoms with Crippen molar-refractivity contribution in [2.75, 3.05) is 24.8 Å². The number of esters is 1. The van der Waals surface area contributed by atoms with Gasteiger partial charge in [-0.2, -0.15) is 0 Å². The van der Waals surface area contributed by atoms with E-state index in [0.717, 1.165) is 17.7 Å². The summed E-state index contributed by atoms with van der Waals surface area (Å²) in [6.45, 7) is 2.41. The lowest BCUT2D eigenvalue weighted by Gasteiger charge is -2.08. The van der Waals surface area contributed by atoms with Gasteiger partial charge in [-0.25, -0.2) is 4.79 Å². The number of nitrogens with one attached hydrogen (secondary N) is 1. The first-order valence-corrected chi connectivity index (χ1v) is 9.68. The topological polar surface area (TPSA) is 64.6 Å². The van der Waals surface area contributed by atoms with Crippen LogP contribution in [0.3, 0.4) is 0 Å². The first kappa shape index (κ1) is 19.8. The van der Waals surface area contributed by atoms with Crippen molar-refractivity contribution in [2.24, 2.45) is 0 Å². The van der Waals surface area contributed by atoms with Crippen LogP contribution in [0, 0.1) is 0 Å². The molecule has 0 aromatic heterocycles. The molecule has 138 valence electrons. The van der Waals surface area contributed by atoms with Crippen molar-refractivity contribution in [3.05, 3.63) is 54.1 Å². The summed E-state index contributed by atoms with van der Waals surface area (Å²) in [6.07, 6.45) is 4.01. The van der Waals surface area contributed by atoms with Crippen LogP contribution in [-0.4, -0.2) is 31.3 Å². The zero-order valence-electron chi connectivity index (χ0n) is 15.0. The summed E-state index contributed by atoms with van der Waals surface area (Å²) in [7, 11) is 0. The van der Waals surface area contributed by atoms with Crippen molar-refractivity contribution < 1.29 is 19.1 Å². The van der Waals surface area contributed by atoms with Gasteiger partial charge < -0.3 is 14.8 Å². The second-order valence-corrected chi connectivity index (χ2v) is 6.46. The summed E-state index contributed by atoms with van der Waals surface area (Å²) in [5.41, 5.74) is 1.05. The van der Waals surface area contributed by atoms with E-state index in [4.69, 9.17) is 9.47 Å². The van der Waals surface area contributed by atoms with Gasteiger partial charge in [0.25, 0.3) is 5.91 Å². The Balaban J connectivity index is 1.80. The molecule has 0 aliphatic carbocycles. The lowest BCUT2D eigenvalue weighted by Crippen LogP contribution is -2.20. The summed E-state index contributed by atoms with van der Waals surface area (Å²) in [4.78, 5) is 25.0. The molecule has 0 aliphatic rings. The molecule has 0 fully saturated rings. The summed E-state index contributed by atoms with van der Waals surface area (Å²) in [5, 5.41) is 2.71. The van der Waals surface area contributed by atoms with E-state index in [1.807, 2.05) is 24.5 Å². The minimum Gasteiger partial charge on any atom is -0.494 e. The molecule has 1 N–H and O–H groups in total. The van der Waals surface area contributed by atoms with Gasteiger partial charge in [0.2, 0.25) is 0 Å². The highest BCUT2D eigenvalue weighted by Crippen LogP contribution is 2.19. The van der Waals surface area contributed by atoms with Crippen molar-refractivity contribution in [1.82, 2.24) is 0 Å². The molecule has 0 atom stereocenters. The molecule has 2 rings (SSSR count). The molecular formula is C20H23NO4S. The predicted molar refractivity (Wildman–Crippen MR) is 104 cm³/mol. The minimum atomic E-state index is -0.543. The number of thioether (sulfide) groups is 1. The standard InChI is InChI=1S/C20H23NO4S/c1-3-4-12-24-17-10-8-15(9-11-17)20(23)25-14-19(22)21-16-6-5-7-18(13-16)26-2/h5-11,13H,3-4,12,14H2,1-2H3,(H,21,22). The largest absolute Gasteiger partial charge is 0.494 e. The third-order valence-corrected chi connectivity index (χ3v) is 4.27. The number of carbonyl (C=O) groups excluding carboxylic acids is 2. The number of hydrogen-bond acceptors (Lipinski definition) is 5. The summed E-state index contributed by atoms with van der Waals surface area (Å²) >= 11 is 1.59. The van der Waals surface area contributed by atoms with Crippen molar-refractivity contribution in [3.8, 4) is 5.75 Å². The minimum absolute atomic E-state index is 0.336. The molecule has 2 aromatic carbocycles. The van der Waals surface area contributed by atoms with E-state index in [1.165, 1.54) is 0 Å². The Bertz CT molecular complexity index is 731. The van der Waals surface area contributed by atoms with Crippen LogP contribution in [0.25, 0.3) is 0 Å². The summed E-state index contributed by atoms with van der Waals surface area (Å²) in [5.74, 6) is -0.212. The van der Waals surface area contributed by atoms with Gasteiger partial charge >= 0.3 is 5.97 Å². The SMILES string of the molecule is CCCCOc1ccc(C(=O)OCC(=O)Nc2cccc(SC)c2)cc1. The molecule has 2 aromatic rings. The second-order valence-electron chi connectivity index (χ2n) is 5.58. The zero-order valence-corrected chi connectivity index (χ0v) is 15.8. The van der Waals surface area contributed by atoms with Crippen LogP contribution in [0.2, 0.25) is 0 Å². The lowest BCUT2D eigenvalue weighted by molar-refractivity contribution is -0.119. The molecule has 6 heteroatoms. The molecule has 0 spiro atoms. The Kier molecular flexibility index (Phi) is 8.02. The third-order valence-electron chi connectivity index (χ3n) is 3.54. The van der Waals surface area contributed by atoms with Crippen LogP contribution in [-0.2, 0) is 9.53 Å². The Morgan fingerprint density at radius 3 is 2.58 bits per heavy atom. The number of anilines is 1. The lowest BCUT2D eigenvalue weighted by atomic mass is 10.2. The third kappa shape index (κ3) is 6.44. The molecule has 0 unspecified atom stereocenters. The number of unbranched alkanes of at least 4 members (excludes halogenated alkanes) is 1. The highest BCUT2D eigenvalue weighted by Gasteiger charge is 2.11. The second kappa shape index (κ2) is 10.5. The average Bonchev–Trinajstić information content (AvgIpc) is 2.67. The van der Waals surface area contributed by atoms with Gasteiger partial charge in [-0.1, -0.05) is 19.4 Å². The van der Waals surface area contributed by atoms with Crippen LogP contribution < -0.4 is 10.1 Å². The van der Waals surface area contributed by atoms with Gasteiger partial charge in [-0.15, -0.1) is 11.8 Å². The van der Waals surface area contributed by atoms with Gasteiger partial charge in [-0.3, -0.25) is 4.79 Å². The van der Waals surface area contributed by atoms with E-state index in [-0.39, 0.29) is 12.5 Å². The van der Waals surface area contributed by atoms with Crippen molar-refractivity contribution in [1.29, 1.82) is 0 Å². The van der Waals surface area contributed by atoms with Gasteiger partial charge in [0.1, 0.15) is 5.75 Å². The van der Waals surface area contributed by atoms with Gasteiger partial charge in [0.15, 0.2) is 6.61 Å². The van der Waals surface area contributed by atoms with E-state index < -0.39 is 5.97 Å². The molecule has 26 heavy (non-hydrogen) atoms. The summed E-state index contributed by atoms with van der Waals surface area (Å²) < 4.78 is 10.6. The number of ether oxygens (including phenoxy) is 2. The molecule has 0 bridgehead atoms. The Labute approximate surface area is 158 Å². The zero-order chi connectivity index (χ0) is 18.8. The number of benzene rings is 2. The fourth-order valence-corrected chi connectivity index (χ4v) is 2.59. The Morgan fingerprint density at radius 2 is 1.88 bits per heavy atom. The van der Waals surface area contributed by atoms with E-state index in [1.54, 1.807) is 42.1 Å². The van der Waals surface area contributed by atoms with Crippen molar-refractivity contribution in [2.45, 2.75) is 24.7 Å². The van der Waals surface area contributed by atoms with Crippen LogP contribution in [0.4, 0.5) is 5.69 Å². The first-order valence-electron chi connectivity index (χ1n) is 8.46. The maximum Gasteiger partial charge on any atom is 0.338 e. The Hall–Kier alpha value is -2.47. The normalized spacial score (nSPS) is 10.2. The molecule has 0 aliphatic heterocycles. The number of carbonyl (C=O) groups is 2. The molecule has 1 amide bonds. The molecular weight excluding hydrogens is 350 g/mol. The van der Waals surface area contributed by atoms with E-state index >= 15 is 0 Å². The van der Waals surface area contributed by atoms with Crippen molar-refractivity contribution >= 4 is 29.3 Å². The van der Waals surface area contributed by atoms with Crippen LogP contribution in [0.15, 0.2) is 53.4 Å². The van der Waals surface area contributed by atoms with E-state index in [0.29, 0.717) is 23.6 Å². The molecule has 0 radical (unpaired) electrons. The maximum atomic E-state index is 12.0. The highest BCUT2D eigenvalue weighted by molar-refractivity contribution is 7.98.